The molecular weight excluding hydrogens is 414 g/mol. The molecular formula is C26H27N5O2. The minimum atomic E-state index is -0.363. The fraction of sp³-hybridized carbons (Fsp3) is 0.269. The molecule has 33 heavy (non-hydrogen) atoms. The van der Waals surface area contributed by atoms with Crippen molar-refractivity contribution in [1.82, 2.24) is 18.7 Å². The smallest absolute Gasteiger partial charge is 0.312 e. The summed E-state index contributed by atoms with van der Waals surface area (Å²) in [6, 6.07) is 16.2. The fourth-order valence-corrected chi connectivity index (χ4v) is 4.42. The van der Waals surface area contributed by atoms with Crippen LogP contribution in [0.5, 0.6) is 0 Å². The van der Waals surface area contributed by atoms with Gasteiger partial charge in [-0.3, -0.25) is 13.9 Å². The van der Waals surface area contributed by atoms with Crippen LogP contribution in [0.25, 0.3) is 17.2 Å². The van der Waals surface area contributed by atoms with Crippen LogP contribution in [0.3, 0.4) is 0 Å². The number of hydrogen-bond acceptors (Lipinski definition) is 4. The lowest BCUT2D eigenvalue weighted by Gasteiger charge is -2.29. The summed E-state index contributed by atoms with van der Waals surface area (Å²) in [6.45, 7) is 5.90. The van der Waals surface area contributed by atoms with Crippen LogP contribution in [-0.2, 0) is 20.1 Å². The summed E-state index contributed by atoms with van der Waals surface area (Å²) in [4.78, 5) is 33.4. The lowest BCUT2D eigenvalue weighted by molar-refractivity contribution is 0.598. The quantitative estimate of drug-likeness (QED) is 0.484. The van der Waals surface area contributed by atoms with E-state index < -0.39 is 0 Å². The number of aryl methyl sites for hydroxylation is 4. The number of rotatable bonds is 4. The van der Waals surface area contributed by atoms with Crippen LogP contribution < -0.4 is 16.1 Å². The van der Waals surface area contributed by atoms with Gasteiger partial charge in [-0.05, 0) is 49.1 Å². The molecule has 0 spiro atoms. The third-order valence-corrected chi connectivity index (χ3v) is 6.42. The Morgan fingerprint density at radius 1 is 1.00 bits per heavy atom. The Hall–Kier alpha value is -3.87. The summed E-state index contributed by atoms with van der Waals surface area (Å²) >= 11 is 0. The van der Waals surface area contributed by atoms with E-state index >= 15 is 0 Å². The SMILES string of the molecule is Cc1ccc(N2CCCn3c2nc2c3c(=O)n(CC=Cc3ccccc3)c(=O)n2C)cc1C. The van der Waals surface area contributed by atoms with Crippen molar-refractivity contribution in [3.05, 3.63) is 92.1 Å². The van der Waals surface area contributed by atoms with Gasteiger partial charge in [0.05, 0.1) is 0 Å². The highest BCUT2D eigenvalue weighted by atomic mass is 16.2. The number of anilines is 2. The molecule has 0 saturated carbocycles. The molecule has 2 aromatic heterocycles. The second-order valence-corrected chi connectivity index (χ2v) is 8.58. The molecule has 0 unspecified atom stereocenters. The van der Waals surface area contributed by atoms with Gasteiger partial charge in [-0.25, -0.2) is 4.79 Å². The zero-order chi connectivity index (χ0) is 23.1. The number of fused-ring (bicyclic) bond motifs is 3. The Balaban J connectivity index is 1.61. The van der Waals surface area contributed by atoms with Crippen LogP contribution in [0, 0.1) is 13.8 Å². The molecule has 0 saturated heterocycles. The first-order valence-corrected chi connectivity index (χ1v) is 11.2. The van der Waals surface area contributed by atoms with Gasteiger partial charge in [0.1, 0.15) is 0 Å². The number of imidazole rings is 1. The molecule has 0 radical (unpaired) electrons. The van der Waals surface area contributed by atoms with Gasteiger partial charge < -0.3 is 9.47 Å². The number of aromatic nitrogens is 4. The normalized spacial score (nSPS) is 13.7. The molecule has 2 aromatic carbocycles. The zero-order valence-electron chi connectivity index (χ0n) is 19.2. The molecule has 4 aromatic rings. The van der Waals surface area contributed by atoms with Gasteiger partial charge in [-0.2, -0.15) is 4.98 Å². The van der Waals surface area contributed by atoms with Crippen LogP contribution in [0.2, 0.25) is 0 Å². The van der Waals surface area contributed by atoms with Crippen molar-refractivity contribution in [2.45, 2.75) is 33.4 Å². The lowest BCUT2D eigenvalue weighted by atomic mass is 10.1. The van der Waals surface area contributed by atoms with E-state index in [1.807, 2.05) is 47.1 Å². The molecule has 3 heterocycles. The summed E-state index contributed by atoms with van der Waals surface area (Å²) < 4.78 is 4.73. The van der Waals surface area contributed by atoms with Crippen LogP contribution in [-0.4, -0.2) is 25.2 Å². The molecule has 0 N–H and O–H groups in total. The van der Waals surface area contributed by atoms with Crippen molar-refractivity contribution < 1.29 is 0 Å². The van der Waals surface area contributed by atoms with Gasteiger partial charge in [-0.15, -0.1) is 0 Å². The van der Waals surface area contributed by atoms with Crippen LogP contribution in [0.4, 0.5) is 11.6 Å². The molecule has 0 aliphatic carbocycles. The lowest BCUT2D eigenvalue weighted by Crippen LogP contribution is -2.39. The van der Waals surface area contributed by atoms with Gasteiger partial charge in [0.15, 0.2) is 11.2 Å². The minimum absolute atomic E-state index is 0.206. The van der Waals surface area contributed by atoms with E-state index in [9.17, 15) is 9.59 Å². The first-order valence-electron chi connectivity index (χ1n) is 11.2. The highest BCUT2D eigenvalue weighted by Crippen LogP contribution is 2.31. The van der Waals surface area contributed by atoms with E-state index in [0.29, 0.717) is 23.7 Å². The molecule has 0 fully saturated rings. The second kappa shape index (κ2) is 8.24. The van der Waals surface area contributed by atoms with E-state index in [-0.39, 0.29) is 17.8 Å². The Labute approximate surface area is 191 Å². The largest absolute Gasteiger partial charge is 0.332 e. The molecule has 5 rings (SSSR count). The summed E-state index contributed by atoms with van der Waals surface area (Å²) in [5.74, 6) is 0.712. The average molecular weight is 442 g/mol. The molecule has 0 amide bonds. The Morgan fingerprint density at radius 3 is 2.55 bits per heavy atom. The van der Waals surface area contributed by atoms with Gasteiger partial charge in [0, 0.05) is 32.4 Å². The maximum atomic E-state index is 13.5. The van der Waals surface area contributed by atoms with Crippen molar-refractivity contribution in [3.8, 4) is 0 Å². The first kappa shape index (κ1) is 21.0. The molecule has 0 atom stereocenters. The molecule has 7 nitrogen and oxygen atoms in total. The average Bonchev–Trinajstić information content (AvgIpc) is 3.22. The van der Waals surface area contributed by atoms with Gasteiger partial charge >= 0.3 is 5.69 Å². The predicted octanol–water partition coefficient (Wildman–Crippen LogP) is 3.77. The first-order chi connectivity index (χ1) is 16.0. The van der Waals surface area contributed by atoms with Gasteiger partial charge in [0.25, 0.3) is 5.56 Å². The minimum Gasteiger partial charge on any atom is -0.312 e. The Morgan fingerprint density at radius 2 is 1.79 bits per heavy atom. The topological polar surface area (TPSA) is 65.1 Å². The van der Waals surface area contributed by atoms with E-state index in [1.54, 1.807) is 7.05 Å². The van der Waals surface area contributed by atoms with Crippen molar-refractivity contribution in [2.75, 3.05) is 11.4 Å². The molecule has 1 aliphatic rings. The van der Waals surface area contributed by atoms with Crippen LogP contribution >= 0.6 is 0 Å². The maximum absolute atomic E-state index is 13.5. The molecule has 0 bridgehead atoms. The molecule has 168 valence electrons. The van der Waals surface area contributed by atoms with Crippen molar-refractivity contribution in [3.63, 3.8) is 0 Å². The number of hydrogen-bond donors (Lipinski definition) is 0. The summed E-state index contributed by atoms with van der Waals surface area (Å²) in [5, 5.41) is 0. The van der Waals surface area contributed by atoms with Gasteiger partial charge in [0.2, 0.25) is 5.95 Å². The van der Waals surface area contributed by atoms with E-state index in [2.05, 4.69) is 36.9 Å². The summed E-state index contributed by atoms with van der Waals surface area (Å²) in [5.41, 5.74) is 4.76. The summed E-state index contributed by atoms with van der Waals surface area (Å²) in [7, 11) is 1.68. The van der Waals surface area contributed by atoms with Crippen LogP contribution in [0.15, 0.2) is 64.2 Å². The Kier molecular flexibility index (Phi) is 5.24. The zero-order valence-corrected chi connectivity index (χ0v) is 19.2. The number of allylic oxidation sites excluding steroid dienone is 1. The predicted molar refractivity (Wildman–Crippen MR) is 132 cm³/mol. The monoisotopic (exact) mass is 441 g/mol. The standard InChI is InChI=1S/C26H27N5O2/c1-18-12-13-21(17-19(18)2)29-15-8-16-30-22-23(27-25(29)30)28(3)26(33)31(24(22)32)14-7-11-20-9-5-4-6-10-20/h4-7,9-13,17H,8,14-16H2,1-3H3. The molecule has 7 heteroatoms. The maximum Gasteiger partial charge on any atom is 0.332 e. The van der Waals surface area contributed by atoms with E-state index in [1.165, 1.54) is 20.3 Å². The number of benzene rings is 2. The second-order valence-electron chi connectivity index (χ2n) is 8.58. The van der Waals surface area contributed by atoms with Crippen molar-refractivity contribution in [2.24, 2.45) is 7.05 Å². The Bertz CT molecular complexity index is 1490. The van der Waals surface area contributed by atoms with E-state index in [4.69, 9.17) is 4.98 Å². The third kappa shape index (κ3) is 3.59. The highest BCUT2D eigenvalue weighted by molar-refractivity contribution is 5.77. The fourth-order valence-electron chi connectivity index (χ4n) is 4.42. The van der Waals surface area contributed by atoms with Crippen molar-refractivity contribution >= 4 is 28.9 Å². The van der Waals surface area contributed by atoms with Gasteiger partial charge in [-0.1, -0.05) is 48.6 Å². The number of nitrogens with zero attached hydrogens (tertiary/aromatic N) is 5. The van der Waals surface area contributed by atoms with E-state index in [0.717, 1.165) is 24.2 Å². The molecule has 1 aliphatic heterocycles. The van der Waals surface area contributed by atoms with Crippen LogP contribution in [0.1, 0.15) is 23.1 Å². The van der Waals surface area contributed by atoms with Crippen molar-refractivity contribution in [1.29, 1.82) is 0 Å². The summed E-state index contributed by atoms with van der Waals surface area (Å²) in [6.07, 6.45) is 4.66. The highest BCUT2D eigenvalue weighted by Gasteiger charge is 2.26. The third-order valence-electron chi connectivity index (χ3n) is 6.42.